The summed E-state index contributed by atoms with van der Waals surface area (Å²) in [5, 5.41) is 10.9. The van der Waals surface area contributed by atoms with Gasteiger partial charge in [0.25, 0.3) is 5.91 Å². The predicted octanol–water partition coefficient (Wildman–Crippen LogP) is 6.66. The Morgan fingerprint density at radius 2 is 1.40 bits per heavy atom. The lowest BCUT2D eigenvalue weighted by Gasteiger charge is -2.15. The molecule has 0 aliphatic carbocycles. The summed E-state index contributed by atoms with van der Waals surface area (Å²) >= 11 is 0. The summed E-state index contributed by atoms with van der Waals surface area (Å²) in [6.45, 7) is 0. The van der Waals surface area contributed by atoms with Crippen molar-refractivity contribution in [3.8, 4) is 17.2 Å². The minimum Gasteiger partial charge on any atom is -0.506 e. The highest BCUT2D eigenvalue weighted by atomic mass is 19.4. The van der Waals surface area contributed by atoms with E-state index < -0.39 is 52.7 Å². The van der Waals surface area contributed by atoms with Gasteiger partial charge in [-0.15, -0.1) is 0 Å². The van der Waals surface area contributed by atoms with E-state index in [1.807, 2.05) is 0 Å². The number of ether oxygens (including phenoxy) is 1. The van der Waals surface area contributed by atoms with Gasteiger partial charge in [0.2, 0.25) is 5.56 Å². The van der Waals surface area contributed by atoms with Crippen molar-refractivity contribution < 1.29 is 54.2 Å². The molecule has 0 saturated heterocycles. The summed E-state index contributed by atoms with van der Waals surface area (Å²) in [7, 11) is 0. The molecule has 0 bridgehead atoms. The van der Waals surface area contributed by atoms with E-state index in [2.05, 4.69) is 20.3 Å². The van der Waals surface area contributed by atoms with Crippen LogP contribution in [0.4, 0.5) is 45.2 Å². The standard InChI is InChI=1S/C19H11F6N3O3.C6H4F3NO/c20-18(21,22)10-1-3-13(17(30)28-11-5-6-26-16(29)8-11)14(7-10)31-12-2-4-15(27-9-12)19(23,24)25;7-6(8,9)5-2-1-4(11)3-10-5/h1-9H,(H2,26,28,29,30);1-3,11H. The van der Waals surface area contributed by atoms with Gasteiger partial charge in [-0.2, -0.15) is 39.5 Å². The fourth-order valence-electron chi connectivity index (χ4n) is 2.98. The number of carbonyl (C=O) groups is 1. The summed E-state index contributed by atoms with van der Waals surface area (Å²) in [4.78, 5) is 32.3. The van der Waals surface area contributed by atoms with Crippen molar-refractivity contribution in [2.75, 3.05) is 5.32 Å². The highest BCUT2D eigenvalue weighted by Crippen LogP contribution is 2.36. The van der Waals surface area contributed by atoms with Crippen LogP contribution in [0.1, 0.15) is 27.3 Å². The van der Waals surface area contributed by atoms with Crippen LogP contribution in [0.25, 0.3) is 0 Å². The number of carbonyl (C=O) groups excluding carboxylic acids is 1. The SMILES string of the molecule is O=C(Nc1cc[nH]c(=O)c1)c1ccc(C(F)(F)F)cc1Oc1ccc(C(F)(F)F)nc1.Oc1ccc(C(F)(F)F)nc1. The van der Waals surface area contributed by atoms with Crippen molar-refractivity contribution >= 4 is 11.6 Å². The second-order valence-electron chi connectivity index (χ2n) is 7.98. The molecule has 0 aliphatic rings. The first-order valence-corrected chi connectivity index (χ1v) is 11.1. The third-order valence-electron chi connectivity index (χ3n) is 4.88. The number of hydrogen-bond donors (Lipinski definition) is 3. The highest BCUT2D eigenvalue weighted by molar-refractivity contribution is 6.06. The van der Waals surface area contributed by atoms with Crippen molar-refractivity contribution in [3.63, 3.8) is 0 Å². The Bertz CT molecular complexity index is 1580. The molecule has 1 amide bonds. The molecule has 0 radical (unpaired) electrons. The minimum atomic E-state index is -4.77. The number of nitrogens with zero attached hydrogens (tertiary/aromatic N) is 2. The molecule has 4 aromatic rings. The first-order valence-electron chi connectivity index (χ1n) is 11.1. The van der Waals surface area contributed by atoms with Gasteiger partial charge in [0, 0.05) is 18.0 Å². The molecule has 0 fully saturated rings. The maximum Gasteiger partial charge on any atom is 0.433 e. The van der Waals surface area contributed by atoms with Crippen LogP contribution in [0.2, 0.25) is 0 Å². The van der Waals surface area contributed by atoms with Crippen LogP contribution in [0.15, 0.2) is 78.0 Å². The number of halogens is 9. The maximum absolute atomic E-state index is 13.1. The first-order chi connectivity index (χ1) is 19.4. The molecule has 3 heterocycles. The monoisotopic (exact) mass is 606 g/mol. The van der Waals surface area contributed by atoms with Crippen molar-refractivity contribution in [2.24, 2.45) is 0 Å². The van der Waals surface area contributed by atoms with E-state index in [0.29, 0.717) is 24.4 Å². The second kappa shape index (κ2) is 12.2. The van der Waals surface area contributed by atoms with Crippen LogP contribution in [0.3, 0.4) is 0 Å². The molecular formula is C25H15F9N4O4. The van der Waals surface area contributed by atoms with Crippen molar-refractivity contribution in [1.82, 2.24) is 15.0 Å². The number of aromatic amines is 1. The Morgan fingerprint density at radius 1 is 0.786 bits per heavy atom. The molecule has 0 spiro atoms. The number of anilines is 1. The number of nitrogens with one attached hydrogen (secondary N) is 2. The Balaban J connectivity index is 0.000000369. The molecule has 8 nitrogen and oxygen atoms in total. The van der Waals surface area contributed by atoms with Crippen LogP contribution < -0.4 is 15.6 Å². The largest absolute Gasteiger partial charge is 0.506 e. The van der Waals surface area contributed by atoms with Crippen molar-refractivity contribution in [3.05, 3.63) is 106 Å². The van der Waals surface area contributed by atoms with Gasteiger partial charge in [-0.1, -0.05) is 0 Å². The maximum atomic E-state index is 13.1. The molecule has 3 aromatic heterocycles. The molecule has 222 valence electrons. The number of alkyl halides is 9. The van der Waals surface area contributed by atoms with Gasteiger partial charge in [-0.05, 0) is 48.5 Å². The molecule has 17 heteroatoms. The van der Waals surface area contributed by atoms with E-state index in [0.717, 1.165) is 36.5 Å². The average Bonchev–Trinajstić information content (AvgIpc) is 2.88. The molecular weight excluding hydrogens is 591 g/mol. The van der Waals surface area contributed by atoms with Crippen LogP contribution >= 0.6 is 0 Å². The Hall–Kier alpha value is -5.09. The fourth-order valence-corrected chi connectivity index (χ4v) is 2.98. The van der Waals surface area contributed by atoms with E-state index in [-0.39, 0.29) is 22.7 Å². The summed E-state index contributed by atoms with van der Waals surface area (Å²) < 4.78 is 118. The number of rotatable bonds is 4. The van der Waals surface area contributed by atoms with E-state index in [1.54, 1.807) is 0 Å². The number of benzene rings is 1. The molecule has 3 N–H and O–H groups in total. The summed E-state index contributed by atoms with van der Waals surface area (Å²) in [5.41, 5.74) is -4.19. The number of amides is 1. The van der Waals surface area contributed by atoms with E-state index in [9.17, 15) is 49.1 Å². The third kappa shape index (κ3) is 8.70. The van der Waals surface area contributed by atoms with Gasteiger partial charge < -0.3 is 20.1 Å². The average molecular weight is 606 g/mol. The van der Waals surface area contributed by atoms with Gasteiger partial charge in [-0.3, -0.25) is 9.59 Å². The number of aromatic hydroxyl groups is 1. The fraction of sp³-hybridized carbons (Fsp3) is 0.120. The molecule has 0 saturated carbocycles. The lowest BCUT2D eigenvalue weighted by molar-refractivity contribution is -0.142. The Kier molecular flexibility index (Phi) is 9.13. The van der Waals surface area contributed by atoms with E-state index >= 15 is 0 Å². The number of aromatic nitrogens is 3. The normalized spacial score (nSPS) is 11.7. The molecule has 0 unspecified atom stereocenters. The zero-order valence-corrected chi connectivity index (χ0v) is 20.4. The van der Waals surface area contributed by atoms with Gasteiger partial charge in [0.15, 0.2) is 0 Å². The predicted molar refractivity (Wildman–Crippen MR) is 127 cm³/mol. The number of H-pyrrole nitrogens is 1. The smallest absolute Gasteiger partial charge is 0.433 e. The molecule has 0 atom stereocenters. The molecule has 1 aromatic carbocycles. The van der Waals surface area contributed by atoms with Gasteiger partial charge in [-0.25, -0.2) is 9.97 Å². The lowest BCUT2D eigenvalue weighted by atomic mass is 10.1. The third-order valence-corrected chi connectivity index (χ3v) is 4.88. The molecule has 4 rings (SSSR count). The lowest BCUT2D eigenvalue weighted by Crippen LogP contribution is -2.16. The van der Waals surface area contributed by atoms with Gasteiger partial charge in [0.1, 0.15) is 28.6 Å². The summed E-state index contributed by atoms with van der Waals surface area (Å²) in [6, 6.07) is 7.50. The van der Waals surface area contributed by atoms with Gasteiger partial charge >= 0.3 is 18.5 Å². The molecule has 42 heavy (non-hydrogen) atoms. The van der Waals surface area contributed by atoms with Crippen molar-refractivity contribution in [2.45, 2.75) is 18.5 Å². The zero-order chi connectivity index (χ0) is 31.3. The minimum absolute atomic E-state index is 0.0656. The van der Waals surface area contributed by atoms with Crippen LogP contribution in [0, 0.1) is 0 Å². The number of pyridine rings is 3. The zero-order valence-electron chi connectivity index (χ0n) is 20.4. The summed E-state index contributed by atoms with van der Waals surface area (Å²) in [5.74, 6) is -2.08. The molecule has 0 aliphatic heterocycles. The van der Waals surface area contributed by atoms with E-state index in [1.165, 1.54) is 12.3 Å². The van der Waals surface area contributed by atoms with Crippen molar-refractivity contribution in [1.29, 1.82) is 0 Å². The Morgan fingerprint density at radius 3 is 1.90 bits per heavy atom. The Labute approximate surface area is 228 Å². The van der Waals surface area contributed by atoms with Gasteiger partial charge in [0.05, 0.1) is 23.5 Å². The van der Waals surface area contributed by atoms with Crippen LogP contribution in [0.5, 0.6) is 17.2 Å². The van der Waals surface area contributed by atoms with Crippen LogP contribution in [-0.2, 0) is 18.5 Å². The highest BCUT2D eigenvalue weighted by Gasteiger charge is 2.34. The first kappa shape index (κ1) is 31.4. The van der Waals surface area contributed by atoms with Crippen LogP contribution in [-0.4, -0.2) is 26.0 Å². The topological polar surface area (TPSA) is 117 Å². The number of hydrogen-bond acceptors (Lipinski definition) is 6. The van der Waals surface area contributed by atoms with E-state index in [4.69, 9.17) is 9.84 Å². The second-order valence-corrected chi connectivity index (χ2v) is 7.98. The quantitative estimate of drug-likeness (QED) is 0.224. The summed E-state index contributed by atoms with van der Waals surface area (Å²) in [6.07, 6.45) is -11.3.